The molecule has 3 heterocycles. The third-order valence-corrected chi connectivity index (χ3v) is 11.3. The second-order valence-corrected chi connectivity index (χ2v) is 14.1. The average molecular weight is 596 g/mol. The van der Waals surface area contributed by atoms with Crippen LogP contribution in [0.2, 0.25) is 0 Å². The second-order valence-electron chi connectivity index (χ2n) is 13.0. The van der Waals surface area contributed by atoms with E-state index < -0.39 is 0 Å². The molecule has 8 aromatic rings. The van der Waals surface area contributed by atoms with Gasteiger partial charge in [0.1, 0.15) is 0 Å². The zero-order chi connectivity index (χ0) is 30.0. The molecule has 45 heavy (non-hydrogen) atoms. The second kappa shape index (κ2) is 8.71. The Morgan fingerprint density at radius 3 is 2.44 bits per heavy atom. The van der Waals surface area contributed by atoms with E-state index in [0.29, 0.717) is 5.71 Å². The van der Waals surface area contributed by atoms with Gasteiger partial charge in [0.05, 0.1) is 28.5 Å². The highest BCUT2D eigenvalue weighted by molar-refractivity contribution is 7.26. The van der Waals surface area contributed by atoms with Gasteiger partial charge in [0, 0.05) is 47.9 Å². The van der Waals surface area contributed by atoms with E-state index in [4.69, 9.17) is 5.41 Å². The van der Waals surface area contributed by atoms with Crippen LogP contribution in [0.15, 0.2) is 121 Å². The van der Waals surface area contributed by atoms with Gasteiger partial charge in [-0.3, -0.25) is 0 Å². The van der Waals surface area contributed by atoms with Gasteiger partial charge in [-0.1, -0.05) is 92.7 Å². The number of benzene rings is 5. The summed E-state index contributed by atoms with van der Waals surface area (Å²) in [6, 6.07) is 33.9. The smallest absolute Gasteiger partial charge is 0.0866 e. The largest absolute Gasteiger partial charge is 0.372 e. The van der Waals surface area contributed by atoms with Crippen LogP contribution in [0.4, 0.5) is 5.69 Å². The number of rotatable bonds is 3. The maximum absolute atomic E-state index is 8.50. The molecule has 0 amide bonds. The first kappa shape index (κ1) is 25.2. The first-order valence-electron chi connectivity index (χ1n) is 15.6. The van der Waals surface area contributed by atoms with Gasteiger partial charge >= 0.3 is 0 Å². The van der Waals surface area contributed by atoms with Crippen molar-refractivity contribution >= 4 is 70.1 Å². The Hall–Kier alpha value is -5.19. The molecule has 1 atom stereocenters. The lowest BCUT2D eigenvalue weighted by Crippen LogP contribution is -2.26. The van der Waals surface area contributed by atoms with Crippen LogP contribution in [0.3, 0.4) is 0 Å². The fraction of sp³-hybridized carbons (Fsp3) is 0.0976. The summed E-state index contributed by atoms with van der Waals surface area (Å²) in [7, 11) is 0. The van der Waals surface area contributed by atoms with E-state index in [9.17, 15) is 0 Å². The summed E-state index contributed by atoms with van der Waals surface area (Å²) >= 11 is 1.87. The Labute approximate surface area is 264 Å². The summed E-state index contributed by atoms with van der Waals surface area (Å²) < 4.78 is 4.97. The van der Waals surface area contributed by atoms with Crippen LogP contribution in [0.1, 0.15) is 25.0 Å². The Balaban J connectivity index is 1.23. The summed E-state index contributed by atoms with van der Waals surface area (Å²) in [5.41, 5.74) is 12.1. The lowest BCUT2D eigenvalue weighted by molar-refractivity contribution is 0.660. The van der Waals surface area contributed by atoms with Gasteiger partial charge in [0.15, 0.2) is 0 Å². The Morgan fingerprint density at radius 1 is 0.733 bits per heavy atom. The minimum atomic E-state index is -0.146. The van der Waals surface area contributed by atoms with Gasteiger partial charge in [-0.25, -0.2) is 0 Å². The molecule has 3 nitrogen and oxygen atoms in total. The number of hydrogen-bond donors (Lipinski definition) is 2. The van der Waals surface area contributed by atoms with Gasteiger partial charge in [0.2, 0.25) is 0 Å². The predicted octanol–water partition coefficient (Wildman–Crippen LogP) is 11.0. The standard InChI is InChI=1S/C41H29N3S/c1-41(2)30-11-5-3-9-25(30)27-19-23(15-17-31(27)41)24-16-18-35-29(20-24)39-38-26-10-4-8-14-36(26)45-37(38)21-28-34(22-44(35)40(28)39)43-33-13-7-6-12-32(33)42/h3-22,33,42-43H,1-2H3. The number of anilines is 1. The maximum Gasteiger partial charge on any atom is 0.0866 e. The van der Waals surface area contributed by atoms with Crippen molar-refractivity contribution in [1.82, 2.24) is 4.40 Å². The van der Waals surface area contributed by atoms with Gasteiger partial charge in [-0.05, 0) is 69.8 Å². The molecule has 2 aliphatic rings. The van der Waals surface area contributed by atoms with Crippen LogP contribution in [-0.2, 0) is 5.41 Å². The number of fused-ring (bicyclic) bond motifs is 10. The van der Waals surface area contributed by atoms with Crippen molar-refractivity contribution in [2.24, 2.45) is 0 Å². The number of allylic oxidation sites excluding steroid dienone is 2. The number of nitrogens with zero attached hydrogens (tertiary/aromatic N) is 1. The van der Waals surface area contributed by atoms with Crippen molar-refractivity contribution in [1.29, 1.82) is 5.41 Å². The van der Waals surface area contributed by atoms with Crippen molar-refractivity contribution in [3.8, 4) is 22.3 Å². The molecule has 0 fully saturated rings. The van der Waals surface area contributed by atoms with Crippen LogP contribution >= 0.6 is 11.3 Å². The third-order valence-electron chi connectivity index (χ3n) is 10.2. The highest BCUT2D eigenvalue weighted by Crippen LogP contribution is 2.51. The quantitative estimate of drug-likeness (QED) is 0.210. The maximum atomic E-state index is 8.50. The van der Waals surface area contributed by atoms with Crippen LogP contribution < -0.4 is 5.32 Å². The van der Waals surface area contributed by atoms with Crippen LogP contribution in [0.5, 0.6) is 0 Å². The van der Waals surface area contributed by atoms with Crippen molar-refractivity contribution in [2.75, 3.05) is 5.32 Å². The Morgan fingerprint density at radius 2 is 1.53 bits per heavy atom. The first-order valence-corrected chi connectivity index (χ1v) is 16.4. The van der Waals surface area contributed by atoms with Crippen molar-refractivity contribution < 1.29 is 0 Å². The fourth-order valence-corrected chi connectivity index (χ4v) is 9.18. The molecule has 0 saturated heterocycles. The molecule has 3 aromatic heterocycles. The topological polar surface area (TPSA) is 40.3 Å². The lowest BCUT2D eigenvalue weighted by atomic mass is 9.82. The molecule has 0 saturated carbocycles. The molecule has 1 unspecified atom stereocenters. The summed E-state index contributed by atoms with van der Waals surface area (Å²) in [5.74, 6) is 0. The molecule has 10 rings (SSSR count). The van der Waals surface area contributed by atoms with Crippen LogP contribution in [-0.4, -0.2) is 16.2 Å². The minimum absolute atomic E-state index is 0.00111. The van der Waals surface area contributed by atoms with E-state index >= 15 is 0 Å². The Kier molecular flexibility index (Phi) is 4.87. The zero-order valence-electron chi connectivity index (χ0n) is 25.0. The lowest BCUT2D eigenvalue weighted by Gasteiger charge is -2.21. The zero-order valence-corrected chi connectivity index (χ0v) is 25.8. The van der Waals surface area contributed by atoms with E-state index in [1.165, 1.54) is 80.7 Å². The minimum Gasteiger partial charge on any atom is -0.372 e. The summed E-state index contributed by atoms with van der Waals surface area (Å²) in [4.78, 5) is 0. The highest BCUT2D eigenvalue weighted by atomic mass is 32.1. The highest BCUT2D eigenvalue weighted by Gasteiger charge is 2.35. The van der Waals surface area contributed by atoms with Gasteiger partial charge in [0.25, 0.3) is 0 Å². The van der Waals surface area contributed by atoms with E-state index in [0.717, 1.165) is 5.69 Å². The van der Waals surface area contributed by atoms with Crippen LogP contribution in [0, 0.1) is 5.41 Å². The van der Waals surface area contributed by atoms with Crippen molar-refractivity contribution in [3.05, 3.63) is 133 Å². The normalized spacial score (nSPS) is 16.9. The fourth-order valence-electron chi connectivity index (χ4n) is 8.02. The SMILES string of the molecule is CC1(C)c2ccccc2-c2cc(-c3ccc4c(c3)c3c5c(cc6c(NC7C=CC=CC7=N)cn4c63)sc3ccccc35)ccc21. The monoisotopic (exact) mass is 595 g/mol. The molecule has 0 bridgehead atoms. The molecule has 0 radical (unpaired) electrons. The molecule has 4 heteroatoms. The van der Waals surface area contributed by atoms with E-state index in [-0.39, 0.29) is 11.5 Å². The van der Waals surface area contributed by atoms with Gasteiger partial charge in [-0.15, -0.1) is 11.3 Å². The van der Waals surface area contributed by atoms with E-state index in [1.54, 1.807) is 0 Å². The Bertz CT molecular complexity index is 2630. The van der Waals surface area contributed by atoms with Gasteiger partial charge < -0.3 is 15.1 Å². The van der Waals surface area contributed by atoms with E-state index in [2.05, 4.69) is 127 Å². The molecule has 0 spiro atoms. The number of nitrogens with one attached hydrogen (secondary N) is 2. The third kappa shape index (κ3) is 3.32. The predicted molar refractivity (Wildman–Crippen MR) is 193 cm³/mol. The van der Waals surface area contributed by atoms with Crippen molar-refractivity contribution in [2.45, 2.75) is 25.3 Å². The van der Waals surface area contributed by atoms with E-state index in [1.807, 2.05) is 29.6 Å². The molecule has 0 aliphatic heterocycles. The molecular weight excluding hydrogens is 567 g/mol. The van der Waals surface area contributed by atoms with Crippen molar-refractivity contribution in [3.63, 3.8) is 0 Å². The first-order chi connectivity index (χ1) is 22.0. The molecule has 214 valence electrons. The summed E-state index contributed by atoms with van der Waals surface area (Å²) in [5, 5.41) is 18.6. The number of thiophene rings is 1. The van der Waals surface area contributed by atoms with Gasteiger partial charge in [-0.2, -0.15) is 0 Å². The average Bonchev–Trinajstić information content (AvgIpc) is 3.77. The summed E-state index contributed by atoms with van der Waals surface area (Å²) in [6.45, 7) is 4.68. The number of hydrogen-bond acceptors (Lipinski definition) is 3. The number of aromatic nitrogens is 1. The molecule has 5 aromatic carbocycles. The molecular formula is C41H29N3S. The molecule has 2 aliphatic carbocycles. The van der Waals surface area contributed by atoms with Crippen LogP contribution in [0.25, 0.3) is 69.6 Å². The molecule has 2 N–H and O–H groups in total. The summed E-state index contributed by atoms with van der Waals surface area (Å²) in [6.07, 6.45) is 10.1.